The summed E-state index contributed by atoms with van der Waals surface area (Å²) in [6, 6.07) is 15.4. The summed E-state index contributed by atoms with van der Waals surface area (Å²) in [6.07, 6.45) is -0.0114. The van der Waals surface area contributed by atoms with Crippen LogP contribution >= 0.6 is 0 Å². The zero-order chi connectivity index (χ0) is 20.3. The molecule has 3 aromatic rings. The van der Waals surface area contributed by atoms with Gasteiger partial charge in [0.1, 0.15) is 24.1 Å². The molecule has 3 aromatic carbocycles. The molecule has 5 heteroatoms. The minimum absolute atomic E-state index is 0.0114. The van der Waals surface area contributed by atoms with Crippen molar-refractivity contribution in [1.29, 1.82) is 0 Å². The van der Waals surface area contributed by atoms with E-state index in [1.807, 2.05) is 0 Å². The van der Waals surface area contributed by atoms with Crippen LogP contribution in [0.25, 0.3) is 28.1 Å². The standard InChI is InChI=1S/C23H17F5/c1-2-20(25)23(28)17-9-7-15(8-10-17)14-3-5-16(6-4-14)18-11-21(26)19(13-24)22(27)12-18/h3-12H,2,13H2,1H3/b23-20+. The second-order valence-electron chi connectivity index (χ2n) is 6.28. The molecule has 0 N–H and O–H groups in total. The molecule has 0 bridgehead atoms. The van der Waals surface area contributed by atoms with E-state index in [4.69, 9.17) is 0 Å². The van der Waals surface area contributed by atoms with Gasteiger partial charge in [0, 0.05) is 5.56 Å². The fraction of sp³-hybridized carbons (Fsp3) is 0.130. The van der Waals surface area contributed by atoms with Crippen LogP contribution in [0, 0.1) is 11.6 Å². The Kier molecular flexibility index (Phi) is 5.93. The molecule has 0 aliphatic rings. The Bertz CT molecular complexity index is 979. The Morgan fingerprint density at radius 3 is 1.57 bits per heavy atom. The van der Waals surface area contributed by atoms with Gasteiger partial charge in [-0.25, -0.2) is 22.0 Å². The predicted octanol–water partition coefficient (Wildman–Crippen LogP) is 7.79. The molecular formula is C23H17F5. The zero-order valence-corrected chi connectivity index (χ0v) is 15.1. The molecule has 28 heavy (non-hydrogen) atoms. The van der Waals surface area contributed by atoms with Crippen LogP contribution in [0.4, 0.5) is 22.0 Å². The third-order valence-electron chi connectivity index (χ3n) is 4.51. The minimum atomic E-state index is -1.20. The first-order valence-electron chi connectivity index (χ1n) is 8.73. The number of rotatable bonds is 5. The average Bonchev–Trinajstić information content (AvgIpc) is 2.72. The molecular weight excluding hydrogens is 371 g/mol. The van der Waals surface area contributed by atoms with Crippen LogP contribution in [0.15, 0.2) is 66.5 Å². The number of halogens is 5. The third-order valence-corrected chi connectivity index (χ3v) is 4.51. The van der Waals surface area contributed by atoms with Gasteiger partial charge in [-0.1, -0.05) is 55.5 Å². The maximum Gasteiger partial charge on any atom is 0.161 e. The first-order valence-corrected chi connectivity index (χ1v) is 8.73. The molecule has 0 saturated heterocycles. The van der Waals surface area contributed by atoms with E-state index in [2.05, 4.69) is 0 Å². The maximum absolute atomic E-state index is 13.8. The van der Waals surface area contributed by atoms with Crippen molar-refractivity contribution in [3.63, 3.8) is 0 Å². The van der Waals surface area contributed by atoms with Crippen LogP contribution in [-0.2, 0) is 6.67 Å². The number of allylic oxidation sites excluding steroid dienone is 1. The van der Waals surface area contributed by atoms with Crippen molar-refractivity contribution >= 4 is 5.83 Å². The summed E-state index contributed by atoms with van der Waals surface area (Å²) in [4.78, 5) is 0. The Hall–Kier alpha value is -2.95. The van der Waals surface area contributed by atoms with Crippen molar-refractivity contribution in [2.24, 2.45) is 0 Å². The molecule has 0 atom stereocenters. The SMILES string of the molecule is CC/C(F)=C(\F)c1ccc(-c2ccc(-c3cc(F)c(CF)c(F)c3)cc2)cc1. The fourth-order valence-electron chi connectivity index (χ4n) is 2.87. The van der Waals surface area contributed by atoms with Gasteiger partial charge >= 0.3 is 0 Å². The molecule has 0 amide bonds. The lowest BCUT2D eigenvalue weighted by molar-refractivity contribution is 0.440. The monoisotopic (exact) mass is 388 g/mol. The van der Waals surface area contributed by atoms with Crippen LogP contribution in [-0.4, -0.2) is 0 Å². The van der Waals surface area contributed by atoms with E-state index in [0.29, 0.717) is 11.1 Å². The van der Waals surface area contributed by atoms with Gasteiger partial charge in [0.05, 0.1) is 5.56 Å². The lowest BCUT2D eigenvalue weighted by atomic mass is 9.98. The maximum atomic E-state index is 13.8. The van der Waals surface area contributed by atoms with Crippen molar-refractivity contribution in [2.75, 3.05) is 0 Å². The summed E-state index contributed by atoms with van der Waals surface area (Å²) < 4.78 is 67.4. The summed E-state index contributed by atoms with van der Waals surface area (Å²) in [6.45, 7) is 0.332. The topological polar surface area (TPSA) is 0 Å². The minimum Gasteiger partial charge on any atom is -0.246 e. The molecule has 0 spiro atoms. The van der Waals surface area contributed by atoms with Gasteiger partial charge in [-0.3, -0.25) is 0 Å². The molecule has 0 aliphatic heterocycles. The van der Waals surface area contributed by atoms with Gasteiger partial charge in [0.15, 0.2) is 5.83 Å². The highest BCUT2D eigenvalue weighted by molar-refractivity contribution is 5.72. The Morgan fingerprint density at radius 2 is 1.14 bits per heavy atom. The second-order valence-corrected chi connectivity index (χ2v) is 6.28. The average molecular weight is 388 g/mol. The molecule has 0 radical (unpaired) electrons. The van der Waals surface area contributed by atoms with Gasteiger partial charge in [0.2, 0.25) is 0 Å². The Labute approximate surface area is 160 Å². The van der Waals surface area contributed by atoms with Crippen LogP contribution in [0.3, 0.4) is 0 Å². The van der Waals surface area contributed by atoms with E-state index >= 15 is 0 Å². The molecule has 144 valence electrons. The molecule has 0 aromatic heterocycles. The van der Waals surface area contributed by atoms with Gasteiger partial charge in [-0.2, -0.15) is 0 Å². The number of hydrogen-bond donors (Lipinski definition) is 0. The highest BCUT2D eigenvalue weighted by Gasteiger charge is 2.12. The van der Waals surface area contributed by atoms with Crippen LogP contribution in [0.2, 0.25) is 0 Å². The largest absolute Gasteiger partial charge is 0.246 e. The van der Waals surface area contributed by atoms with E-state index in [1.165, 1.54) is 19.1 Å². The summed E-state index contributed by atoms with van der Waals surface area (Å²) >= 11 is 0. The van der Waals surface area contributed by atoms with E-state index in [0.717, 1.165) is 23.3 Å². The predicted molar refractivity (Wildman–Crippen MR) is 101 cm³/mol. The van der Waals surface area contributed by atoms with E-state index in [9.17, 15) is 22.0 Å². The quantitative estimate of drug-likeness (QED) is 0.391. The lowest BCUT2D eigenvalue weighted by Gasteiger charge is -2.08. The van der Waals surface area contributed by atoms with Crippen molar-refractivity contribution < 1.29 is 22.0 Å². The smallest absolute Gasteiger partial charge is 0.161 e. The second kappa shape index (κ2) is 8.38. The third kappa shape index (κ3) is 3.98. The van der Waals surface area contributed by atoms with Crippen molar-refractivity contribution in [1.82, 2.24) is 0 Å². The van der Waals surface area contributed by atoms with E-state index < -0.39 is 35.5 Å². The number of alkyl halides is 1. The van der Waals surface area contributed by atoms with Gasteiger partial charge < -0.3 is 0 Å². The zero-order valence-electron chi connectivity index (χ0n) is 15.1. The van der Waals surface area contributed by atoms with Crippen LogP contribution < -0.4 is 0 Å². The highest BCUT2D eigenvalue weighted by Crippen LogP contribution is 2.29. The van der Waals surface area contributed by atoms with Crippen molar-refractivity contribution in [3.05, 3.63) is 89.3 Å². The summed E-state index contributed by atoms with van der Waals surface area (Å²) in [5.41, 5.74) is 2.04. The summed E-state index contributed by atoms with van der Waals surface area (Å²) in [5, 5.41) is 0. The number of hydrogen-bond acceptors (Lipinski definition) is 0. The van der Waals surface area contributed by atoms with E-state index in [-0.39, 0.29) is 12.0 Å². The molecule has 0 nitrogen and oxygen atoms in total. The lowest BCUT2D eigenvalue weighted by Crippen LogP contribution is -1.94. The van der Waals surface area contributed by atoms with Crippen LogP contribution in [0.5, 0.6) is 0 Å². The van der Waals surface area contributed by atoms with Gasteiger partial charge in [-0.05, 0) is 40.8 Å². The van der Waals surface area contributed by atoms with Crippen molar-refractivity contribution in [2.45, 2.75) is 20.0 Å². The summed E-state index contributed by atoms with van der Waals surface area (Å²) in [5.74, 6) is -3.52. The molecule has 0 heterocycles. The van der Waals surface area contributed by atoms with E-state index in [1.54, 1.807) is 36.4 Å². The van der Waals surface area contributed by atoms with Gasteiger partial charge in [0.25, 0.3) is 0 Å². The Balaban J connectivity index is 1.87. The summed E-state index contributed by atoms with van der Waals surface area (Å²) in [7, 11) is 0. The van der Waals surface area contributed by atoms with Crippen LogP contribution in [0.1, 0.15) is 24.5 Å². The molecule has 3 rings (SSSR count). The number of benzene rings is 3. The molecule has 0 fully saturated rings. The fourth-order valence-corrected chi connectivity index (χ4v) is 2.87. The molecule has 0 saturated carbocycles. The highest BCUT2D eigenvalue weighted by atomic mass is 19.2. The normalized spacial score (nSPS) is 12.1. The first kappa shape index (κ1) is 19.8. The first-order chi connectivity index (χ1) is 13.4. The molecule has 0 unspecified atom stereocenters. The molecule has 0 aliphatic carbocycles. The van der Waals surface area contributed by atoms with Gasteiger partial charge in [-0.15, -0.1) is 0 Å². The van der Waals surface area contributed by atoms with Crippen molar-refractivity contribution in [3.8, 4) is 22.3 Å². The Morgan fingerprint density at radius 1 is 0.714 bits per heavy atom.